The summed E-state index contributed by atoms with van der Waals surface area (Å²) in [6.07, 6.45) is 2.60. The summed E-state index contributed by atoms with van der Waals surface area (Å²) in [6.45, 7) is 3.27. The van der Waals surface area contributed by atoms with Gasteiger partial charge in [-0.2, -0.15) is 0 Å². The van der Waals surface area contributed by atoms with E-state index >= 15 is 0 Å². The summed E-state index contributed by atoms with van der Waals surface area (Å²) in [7, 11) is 1.78. The summed E-state index contributed by atoms with van der Waals surface area (Å²) in [5.74, 6) is 1.01. The van der Waals surface area contributed by atoms with E-state index in [9.17, 15) is 4.79 Å². The highest BCUT2D eigenvalue weighted by Crippen LogP contribution is 2.21. The van der Waals surface area contributed by atoms with Crippen molar-refractivity contribution in [2.24, 2.45) is 4.99 Å². The number of guanidine groups is 1. The molecule has 6 nitrogen and oxygen atoms in total. The Morgan fingerprint density at radius 2 is 1.82 bits per heavy atom. The summed E-state index contributed by atoms with van der Waals surface area (Å²) in [5.41, 5.74) is 3.29. The zero-order valence-electron chi connectivity index (χ0n) is 16.4. The number of hydrogen-bond acceptors (Lipinski definition) is 3. The third-order valence-corrected chi connectivity index (χ3v) is 4.75. The van der Waals surface area contributed by atoms with Gasteiger partial charge in [0.2, 0.25) is 5.91 Å². The first-order chi connectivity index (χ1) is 13.8. The molecular formula is C22H29N5O. The van der Waals surface area contributed by atoms with Crippen LogP contribution in [0.5, 0.6) is 0 Å². The molecule has 0 spiro atoms. The quantitative estimate of drug-likeness (QED) is 0.375. The van der Waals surface area contributed by atoms with Crippen LogP contribution in [0.15, 0.2) is 59.6 Å². The fourth-order valence-electron chi connectivity index (χ4n) is 3.21. The number of nitrogens with zero attached hydrogens (tertiary/aromatic N) is 2. The van der Waals surface area contributed by atoms with E-state index in [-0.39, 0.29) is 5.91 Å². The van der Waals surface area contributed by atoms with Crippen molar-refractivity contribution in [3.05, 3.63) is 60.2 Å². The van der Waals surface area contributed by atoms with E-state index in [0.717, 1.165) is 55.4 Å². The number of amides is 1. The van der Waals surface area contributed by atoms with Crippen molar-refractivity contribution in [1.29, 1.82) is 0 Å². The Kier molecular flexibility index (Phi) is 7.29. The maximum atomic E-state index is 11.8. The summed E-state index contributed by atoms with van der Waals surface area (Å²) in [4.78, 5) is 18.0. The summed E-state index contributed by atoms with van der Waals surface area (Å²) >= 11 is 0. The lowest BCUT2D eigenvalue weighted by Gasteiger charge is -2.16. The third kappa shape index (κ3) is 5.74. The highest BCUT2D eigenvalue weighted by atomic mass is 16.2. The van der Waals surface area contributed by atoms with Gasteiger partial charge in [-0.05, 0) is 42.7 Å². The molecule has 0 aromatic heterocycles. The normalized spacial score (nSPS) is 14.2. The van der Waals surface area contributed by atoms with Gasteiger partial charge in [-0.3, -0.25) is 9.79 Å². The van der Waals surface area contributed by atoms with Crippen molar-refractivity contribution in [2.45, 2.75) is 25.8 Å². The monoisotopic (exact) mass is 379 g/mol. The van der Waals surface area contributed by atoms with Crippen molar-refractivity contribution in [3.8, 4) is 0 Å². The summed E-state index contributed by atoms with van der Waals surface area (Å²) in [5, 5.41) is 10.1. The molecule has 1 aliphatic heterocycles. The molecule has 1 fully saturated rings. The van der Waals surface area contributed by atoms with E-state index in [1.54, 1.807) is 7.05 Å². The molecule has 0 bridgehead atoms. The van der Waals surface area contributed by atoms with Crippen LogP contribution in [0.2, 0.25) is 0 Å². The second-order valence-electron chi connectivity index (χ2n) is 6.81. The first-order valence-corrected chi connectivity index (χ1v) is 9.89. The molecule has 0 atom stereocenters. The molecule has 148 valence electrons. The van der Waals surface area contributed by atoms with Gasteiger partial charge >= 0.3 is 0 Å². The van der Waals surface area contributed by atoms with Crippen LogP contribution in [0.1, 0.15) is 24.8 Å². The topological polar surface area (TPSA) is 68.8 Å². The summed E-state index contributed by atoms with van der Waals surface area (Å²) in [6, 6.07) is 18.4. The van der Waals surface area contributed by atoms with Gasteiger partial charge in [0.15, 0.2) is 5.96 Å². The Hall–Kier alpha value is -3.02. The molecule has 3 rings (SSSR count). The smallest absolute Gasteiger partial charge is 0.227 e. The van der Waals surface area contributed by atoms with Crippen LogP contribution >= 0.6 is 0 Å². The number of benzene rings is 2. The Bertz CT molecular complexity index is 773. The van der Waals surface area contributed by atoms with Crippen LogP contribution in [0, 0.1) is 0 Å². The molecule has 6 heteroatoms. The van der Waals surface area contributed by atoms with Crippen molar-refractivity contribution in [1.82, 2.24) is 10.6 Å². The lowest BCUT2D eigenvalue weighted by Crippen LogP contribution is -2.37. The van der Waals surface area contributed by atoms with Crippen LogP contribution in [0.25, 0.3) is 0 Å². The van der Waals surface area contributed by atoms with Crippen molar-refractivity contribution >= 4 is 23.2 Å². The predicted molar refractivity (Wildman–Crippen MR) is 116 cm³/mol. The molecule has 1 heterocycles. The minimum Gasteiger partial charge on any atom is -0.385 e. The van der Waals surface area contributed by atoms with Gasteiger partial charge in [0.05, 0.1) is 0 Å². The number of aliphatic imine (C=N–C) groups is 1. The van der Waals surface area contributed by atoms with E-state index in [4.69, 9.17) is 0 Å². The van der Waals surface area contributed by atoms with Crippen LogP contribution in [0.3, 0.4) is 0 Å². The zero-order valence-corrected chi connectivity index (χ0v) is 16.4. The molecule has 0 unspecified atom stereocenters. The number of rotatable bonds is 8. The van der Waals surface area contributed by atoms with Crippen molar-refractivity contribution in [3.63, 3.8) is 0 Å². The minimum absolute atomic E-state index is 0.220. The van der Waals surface area contributed by atoms with Gasteiger partial charge < -0.3 is 20.9 Å². The Morgan fingerprint density at radius 1 is 1.04 bits per heavy atom. The molecule has 0 aliphatic carbocycles. The number of anilines is 2. The standard InChI is InChI=1S/C22H29N5O/c1-23-22(25-15-6-14-24-19-7-3-2-4-8-19)26-17-18-10-12-20(13-11-18)27-16-5-9-21(27)28/h2-4,7-8,10-13,24H,5-6,9,14-17H2,1H3,(H2,23,25,26). The number of carbonyl (C=O) groups excluding carboxylic acids is 1. The van der Waals surface area contributed by atoms with Gasteiger partial charge in [-0.25, -0.2) is 0 Å². The predicted octanol–water partition coefficient (Wildman–Crippen LogP) is 2.98. The molecule has 3 N–H and O–H groups in total. The molecule has 2 aromatic carbocycles. The Balaban J connectivity index is 1.36. The van der Waals surface area contributed by atoms with Gasteiger partial charge in [0.1, 0.15) is 0 Å². The molecule has 1 aliphatic rings. The van der Waals surface area contributed by atoms with Crippen molar-refractivity contribution in [2.75, 3.05) is 36.9 Å². The fourth-order valence-corrected chi connectivity index (χ4v) is 3.21. The number of nitrogens with one attached hydrogen (secondary N) is 3. The van der Waals surface area contributed by atoms with E-state index in [1.807, 2.05) is 35.2 Å². The van der Waals surface area contributed by atoms with Crippen LogP contribution in [-0.2, 0) is 11.3 Å². The first-order valence-electron chi connectivity index (χ1n) is 9.89. The van der Waals surface area contributed by atoms with Gasteiger partial charge in [0, 0.05) is 51.0 Å². The third-order valence-electron chi connectivity index (χ3n) is 4.75. The lowest BCUT2D eigenvalue weighted by atomic mass is 10.2. The van der Waals surface area contributed by atoms with Gasteiger partial charge in [0.25, 0.3) is 0 Å². The number of carbonyl (C=O) groups is 1. The minimum atomic E-state index is 0.220. The fraction of sp³-hybridized carbons (Fsp3) is 0.364. The maximum absolute atomic E-state index is 11.8. The first kappa shape index (κ1) is 19.7. The van der Waals surface area contributed by atoms with E-state index in [2.05, 4.69) is 45.2 Å². The second-order valence-corrected chi connectivity index (χ2v) is 6.81. The zero-order chi connectivity index (χ0) is 19.6. The molecular weight excluding hydrogens is 350 g/mol. The van der Waals surface area contributed by atoms with Crippen LogP contribution < -0.4 is 20.9 Å². The van der Waals surface area contributed by atoms with E-state index in [1.165, 1.54) is 0 Å². The molecule has 0 saturated carbocycles. The number of hydrogen-bond donors (Lipinski definition) is 3. The molecule has 2 aromatic rings. The summed E-state index contributed by atoms with van der Waals surface area (Å²) < 4.78 is 0. The van der Waals surface area contributed by atoms with Gasteiger partial charge in [-0.1, -0.05) is 30.3 Å². The van der Waals surface area contributed by atoms with Crippen molar-refractivity contribution < 1.29 is 4.79 Å². The van der Waals surface area contributed by atoms with E-state index in [0.29, 0.717) is 13.0 Å². The SMILES string of the molecule is CN=C(NCCCNc1ccccc1)NCc1ccc(N2CCCC2=O)cc1. The highest BCUT2D eigenvalue weighted by Gasteiger charge is 2.21. The average Bonchev–Trinajstić information content (AvgIpc) is 3.17. The van der Waals surface area contributed by atoms with Crippen LogP contribution in [-0.4, -0.2) is 38.5 Å². The average molecular weight is 380 g/mol. The molecule has 0 radical (unpaired) electrons. The molecule has 1 amide bonds. The highest BCUT2D eigenvalue weighted by molar-refractivity contribution is 5.95. The second kappa shape index (κ2) is 10.3. The molecule has 1 saturated heterocycles. The lowest BCUT2D eigenvalue weighted by molar-refractivity contribution is -0.117. The Labute approximate surface area is 167 Å². The Morgan fingerprint density at radius 3 is 2.50 bits per heavy atom. The maximum Gasteiger partial charge on any atom is 0.227 e. The molecule has 28 heavy (non-hydrogen) atoms. The van der Waals surface area contributed by atoms with Crippen LogP contribution in [0.4, 0.5) is 11.4 Å². The largest absolute Gasteiger partial charge is 0.385 e. The van der Waals surface area contributed by atoms with E-state index < -0.39 is 0 Å². The van der Waals surface area contributed by atoms with Gasteiger partial charge in [-0.15, -0.1) is 0 Å². The number of para-hydroxylation sites is 1.